The third-order valence-electron chi connectivity index (χ3n) is 3.80. The number of likely N-dealkylation sites (tertiary alicyclic amines) is 1. The van der Waals surface area contributed by atoms with E-state index >= 15 is 0 Å². The molecule has 1 fully saturated rings. The Morgan fingerprint density at radius 2 is 2.39 bits per heavy atom. The number of hydrogen-bond acceptors (Lipinski definition) is 3. The minimum Gasteiger partial charge on any atom is -0.481 e. The van der Waals surface area contributed by atoms with E-state index in [0.717, 1.165) is 31.6 Å². The van der Waals surface area contributed by atoms with Gasteiger partial charge >= 0.3 is 5.97 Å². The fourth-order valence-electron chi connectivity index (χ4n) is 2.74. The summed E-state index contributed by atoms with van der Waals surface area (Å²) in [6.07, 6.45) is 3.95. The van der Waals surface area contributed by atoms with E-state index in [4.69, 9.17) is 0 Å². The van der Waals surface area contributed by atoms with Crippen LogP contribution in [-0.4, -0.2) is 40.6 Å². The van der Waals surface area contributed by atoms with Crippen LogP contribution in [0, 0.1) is 5.41 Å². The summed E-state index contributed by atoms with van der Waals surface area (Å²) < 4.78 is 0. The van der Waals surface area contributed by atoms with Crippen LogP contribution in [0.2, 0.25) is 0 Å². The summed E-state index contributed by atoms with van der Waals surface area (Å²) in [7, 11) is 0. The van der Waals surface area contributed by atoms with E-state index in [1.165, 1.54) is 0 Å². The predicted molar refractivity (Wildman–Crippen MR) is 69.4 cm³/mol. The first-order valence-electron chi connectivity index (χ1n) is 6.52. The molecule has 98 valence electrons. The second-order valence-corrected chi connectivity index (χ2v) is 5.06. The molecule has 0 saturated carbocycles. The van der Waals surface area contributed by atoms with Crippen molar-refractivity contribution < 1.29 is 9.90 Å². The SMILES string of the molecule is CCN1CCCC(Cc2ccccn2)(C(=O)O)C1. The Hall–Kier alpha value is -1.42. The van der Waals surface area contributed by atoms with Crippen LogP contribution in [0.4, 0.5) is 0 Å². The molecule has 1 aliphatic rings. The zero-order valence-electron chi connectivity index (χ0n) is 10.8. The lowest BCUT2D eigenvalue weighted by atomic mass is 9.76. The van der Waals surface area contributed by atoms with Gasteiger partial charge in [-0.1, -0.05) is 13.0 Å². The number of carboxylic acids is 1. The van der Waals surface area contributed by atoms with Crippen LogP contribution in [0.25, 0.3) is 0 Å². The number of aromatic nitrogens is 1. The van der Waals surface area contributed by atoms with Crippen LogP contribution in [0.1, 0.15) is 25.5 Å². The van der Waals surface area contributed by atoms with Gasteiger partial charge in [0.25, 0.3) is 0 Å². The van der Waals surface area contributed by atoms with Crippen LogP contribution in [-0.2, 0) is 11.2 Å². The smallest absolute Gasteiger partial charge is 0.311 e. The van der Waals surface area contributed by atoms with E-state index in [1.807, 2.05) is 18.2 Å². The minimum absolute atomic E-state index is 0.527. The second-order valence-electron chi connectivity index (χ2n) is 5.06. The molecule has 0 aliphatic carbocycles. The predicted octanol–water partition coefficient (Wildman–Crippen LogP) is 1.81. The van der Waals surface area contributed by atoms with E-state index < -0.39 is 11.4 Å². The van der Waals surface area contributed by atoms with Crippen LogP contribution >= 0.6 is 0 Å². The van der Waals surface area contributed by atoms with Gasteiger partial charge in [-0.2, -0.15) is 0 Å². The highest BCUT2D eigenvalue weighted by Crippen LogP contribution is 2.33. The van der Waals surface area contributed by atoms with Crippen molar-refractivity contribution in [1.29, 1.82) is 0 Å². The molecule has 1 saturated heterocycles. The minimum atomic E-state index is -0.689. The summed E-state index contributed by atoms with van der Waals surface area (Å²) in [6.45, 7) is 4.64. The highest BCUT2D eigenvalue weighted by molar-refractivity contribution is 5.75. The fraction of sp³-hybridized carbons (Fsp3) is 0.571. The quantitative estimate of drug-likeness (QED) is 0.883. The zero-order valence-corrected chi connectivity index (χ0v) is 10.8. The van der Waals surface area contributed by atoms with Crippen LogP contribution in [0.15, 0.2) is 24.4 Å². The molecule has 4 heteroatoms. The molecule has 1 N–H and O–H groups in total. The fourth-order valence-corrected chi connectivity index (χ4v) is 2.74. The summed E-state index contributed by atoms with van der Waals surface area (Å²) >= 11 is 0. The largest absolute Gasteiger partial charge is 0.481 e. The van der Waals surface area contributed by atoms with Gasteiger partial charge < -0.3 is 10.0 Å². The van der Waals surface area contributed by atoms with E-state index in [1.54, 1.807) is 6.20 Å². The number of hydrogen-bond donors (Lipinski definition) is 1. The third kappa shape index (κ3) is 2.70. The first-order chi connectivity index (χ1) is 8.66. The molecule has 1 atom stereocenters. The van der Waals surface area contributed by atoms with E-state index in [0.29, 0.717) is 13.0 Å². The number of pyridine rings is 1. The first kappa shape index (κ1) is 13.0. The Morgan fingerprint density at radius 3 is 3.00 bits per heavy atom. The van der Waals surface area contributed by atoms with Crippen molar-refractivity contribution in [2.45, 2.75) is 26.2 Å². The van der Waals surface area contributed by atoms with Crippen LogP contribution in [0.3, 0.4) is 0 Å². The molecule has 2 heterocycles. The van der Waals surface area contributed by atoms with Gasteiger partial charge in [0.1, 0.15) is 0 Å². The average Bonchev–Trinajstić information content (AvgIpc) is 2.40. The molecule has 1 aliphatic heterocycles. The Balaban J connectivity index is 2.19. The standard InChI is InChI=1S/C14H20N2O2/c1-2-16-9-5-7-14(11-16,13(17)18)10-12-6-3-4-8-15-12/h3-4,6,8H,2,5,7,9-11H2,1H3,(H,17,18). The zero-order chi connectivity index (χ0) is 13.0. The highest BCUT2D eigenvalue weighted by atomic mass is 16.4. The maximum absolute atomic E-state index is 11.7. The molecule has 0 amide bonds. The molecule has 0 radical (unpaired) electrons. The van der Waals surface area contributed by atoms with Crippen LogP contribution < -0.4 is 0 Å². The second kappa shape index (κ2) is 5.48. The topological polar surface area (TPSA) is 53.4 Å². The maximum atomic E-state index is 11.7. The van der Waals surface area contributed by atoms with Gasteiger partial charge in [-0.3, -0.25) is 9.78 Å². The highest BCUT2D eigenvalue weighted by Gasteiger charge is 2.42. The van der Waals surface area contributed by atoms with Gasteiger partial charge in [0.2, 0.25) is 0 Å². The number of rotatable bonds is 4. The lowest BCUT2D eigenvalue weighted by molar-refractivity contribution is -0.152. The first-order valence-corrected chi connectivity index (χ1v) is 6.52. The number of nitrogens with zero attached hydrogens (tertiary/aromatic N) is 2. The average molecular weight is 248 g/mol. The molecule has 18 heavy (non-hydrogen) atoms. The molecule has 1 aromatic heterocycles. The number of carbonyl (C=O) groups is 1. The number of aliphatic carboxylic acids is 1. The Kier molecular flexibility index (Phi) is 3.97. The van der Waals surface area contributed by atoms with Gasteiger partial charge in [0, 0.05) is 24.9 Å². The Labute approximate surface area is 108 Å². The summed E-state index contributed by atoms with van der Waals surface area (Å²) in [6, 6.07) is 5.68. The third-order valence-corrected chi connectivity index (χ3v) is 3.80. The molecular weight excluding hydrogens is 228 g/mol. The lowest BCUT2D eigenvalue weighted by Gasteiger charge is -2.39. The summed E-state index contributed by atoms with van der Waals surface area (Å²) in [5.41, 5.74) is 0.209. The molecule has 0 bridgehead atoms. The van der Waals surface area contributed by atoms with Crippen LogP contribution in [0.5, 0.6) is 0 Å². The lowest BCUT2D eigenvalue weighted by Crippen LogP contribution is -2.49. The van der Waals surface area contributed by atoms with Crippen molar-refractivity contribution in [2.24, 2.45) is 5.41 Å². The number of piperidine rings is 1. The van der Waals surface area contributed by atoms with E-state index in [9.17, 15) is 9.90 Å². The van der Waals surface area contributed by atoms with Gasteiger partial charge in [-0.15, -0.1) is 0 Å². The summed E-state index contributed by atoms with van der Waals surface area (Å²) in [5.74, 6) is -0.689. The molecule has 1 unspecified atom stereocenters. The maximum Gasteiger partial charge on any atom is 0.311 e. The molecule has 0 aromatic carbocycles. The molecule has 2 rings (SSSR count). The van der Waals surface area contributed by atoms with Gasteiger partial charge in [-0.05, 0) is 38.1 Å². The Morgan fingerprint density at radius 1 is 1.56 bits per heavy atom. The molecule has 1 aromatic rings. The summed E-state index contributed by atoms with van der Waals surface area (Å²) in [5, 5.41) is 9.61. The Bertz CT molecular complexity index is 408. The van der Waals surface area contributed by atoms with Crippen molar-refractivity contribution in [3.05, 3.63) is 30.1 Å². The number of carboxylic acid groups (broad SMARTS) is 1. The molecule has 4 nitrogen and oxygen atoms in total. The van der Waals surface area contributed by atoms with Crippen molar-refractivity contribution in [2.75, 3.05) is 19.6 Å². The van der Waals surface area contributed by atoms with Gasteiger partial charge in [0.05, 0.1) is 5.41 Å². The van der Waals surface area contributed by atoms with Crippen molar-refractivity contribution in [1.82, 2.24) is 9.88 Å². The van der Waals surface area contributed by atoms with Crippen molar-refractivity contribution >= 4 is 5.97 Å². The molecule has 0 spiro atoms. The van der Waals surface area contributed by atoms with Gasteiger partial charge in [-0.25, -0.2) is 0 Å². The van der Waals surface area contributed by atoms with E-state index in [-0.39, 0.29) is 0 Å². The summed E-state index contributed by atoms with van der Waals surface area (Å²) in [4.78, 5) is 18.2. The van der Waals surface area contributed by atoms with Gasteiger partial charge in [0.15, 0.2) is 0 Å². The van der Waals surface area contributed by atoms with E-state index in [2.05, 4.69) is 16.8 Å². The van der Waals surface area contributed by atoms with Crippen molar-refractivity contribution in [3.63, 3.8) is 0 Å². The normalized spacial score (nSPS) is 24.9. The monoisotopic (exact) mass is 248 g/mol. The van der Waals surface area contributed by atoms with Crippen molar-refractivity contribution in [3.8, 4) is 0 Å². The molecular formula is C14H20N2O2.